The van der Waals surface area contributed by atoms with E-state index in [1.807, 2.05) is 0 Å². The summed E-state index contributed by atoms with van der Waals surface area (Å²) in [6.45, 7) is 0. The third kappa shape index (κ3) is 10.3. The van der Waals surface area contributed by atoms with Crippen molar-refractivity contribution in [1.82, 2.24) is 0 Å². The molecule has 53 heavy (non-hydrogen) atoms. The van der Waals surface area contributed by atoms with Gasteiger partial charge in [-0.3, -0.25) is 9.35 Å². The summed E-state index contributed by atoms with van der Waals surface area (Å²) >= 11 is 0.906. The molecule has 0 heterocycles. The number of carboxylic acid groups (broad SMARTS) is 1. The third-order valence-corrected chi connectivity index (χ3v) is 14.3. The largest absolute Gasteiger partial charge is 0.481 e. The van der Waals surface area contributed by atoms with Gasteiger partial charge in [-0.2, -0.15) is 39.1 Å². The molecule has 302 valence electrons. The van der Waals surface area contributed by atoms with Crippen molar-refractivity contribution in [1.29, 1.82) is 0 Å². The molecular formula is C31H55N9O11S2. The van der Waals surface area contributed by atoms with Crippen LogP contribution >= 0.6 is 12.0 Å². The second-order valence-electron chi connectivity index (χ2n) is 15.1. The third-order valence-electron chi connectivity index (χ3n) is 12.0. The summed E-state index contributed by atoms with van der Waals surface area (Å²) < 4.78 is 51.6. The monoisotopic (exact) mass is 793 g/mol. The SMILES string of the molecule is COC1CC(N=NC2CCC3C(C(N)C(N=NC4CCC(C(=O)O)CC4)CC3S(=O)(=O)O)C2O)C(OC)CC1N=NC1CC(SOOO)C(N)CC1N. The smallest absolute Gasteiger partial charge is 0.306 e. The molecule has 0 aliphatic heterocycles. The fourth-order valence-electron chi connectivity index (χ4n) is 8.93. The molecule has 0 amide bonds. The maximum atomic E-state index is 12.6. The number of rotatable bonds is 13. The number of hydrogen-bond donors (Lipinski definition) is 7. The summed E-state index contributed by atoms with van der Waals surface area (Å²) in [4.78, 5) is 11.3. The summed E-state index contributed by atoms with van der Waals surface area (Å²) in [6.07, 6.45) is 2.53. The van der Waals surface area contributed by atoms with Crippen LogP contribution in [0.1, 0.15) is 70.6 Å². The van der Waals surface area contributed by atoms with Crippen LogP contribution in [0, 0.1) is 17.8 Å². The zero-order valence-electron chi connectivity index (χ0n) is 30.0. The average molecular weight is 794 g/mol. The molecule has 15 unspecified atom stereocenters. The number of hydrogen-bond acceptors (Lipinski definition) is 19. The molecular weight excluding hydrogens is 739 g/mol. The predicted octanol–water partition coefficient (Wildman–Crippen LogP) is 1.91. The lowest BCUT2D eigenvalue weighted by atomic mass is 9.64. The predicted molar refractivity (Wildman–Crippen MR) is 189 cm³/mol. The molecule has 0 spiro atoms. The van der Waals surface area contributed by atoms with Crippen LogP contribution in [0.4, 0.5) is 0 Å². The van der Waals surface area contributed by atoms with Gasteiger partial charge in [0.15, 0.2) is 0 Å². The first-order chi connectivity index (χ1) is 25.2. The van der Waals surface area contributed by atoms with Gasteiger partial charge in [0, 0.05) is 63.1 Å². The molecule has 10 N–H and O–H groups in total. The van der Waals surface area contributed by atoms with Crippen molar-refractivity contribution in [2.45, 2.75) is 154 Å². The maximum Gasteiger partial charge on any atom is 0.306 e. The molecule has 5 saturated carbocycles. The van der Waals surface area contributed by atoms with Crippen LogP contribution in [-0.4, -0.2) is 132 Å². The van der Waals surface area contributed by atoms with Crippen LogP contribution in [0.5, 0.6) is 0 Å². The minimum absolute atomic E-state index is 0.0323. The van der Waals surface area contributed by atoms with Crippen LogP contribution in [0.25, 0.3) is 0 Å². The number of fused-ring (bicyclic) bond motifs is 1. The van der Waals surface area contributed by atoms with Gasteiger partial charge in [-0.05, 0) is 63.7 Å². The van der Waals surface area contributed by atoms with Gasteiger partial charge in [0.25, 0.3) is 10.1 Å². The van der Waals surface area contributed by atoms with Gasteiger partial charge in [-0.1, -0.05) is 5.04 Å². The van der Waals surface area contributed by atoms with E-state index in [0.717, 1.165) is 12.0 Å². The van der Waals surface area contributed by atoms with Crippen LogP contribution < -0.4 is 17.2 Å². The first-order valence-corrected chi connectivity index (χ1v) is 20.6. The molecule has 0 aromatic heterocycles. The number of aliphatic carboxylic acids is 1. The van der Waals surface area contributed by atoms with Gasteiger partial charge >= 0.3 is 5.97 Å². The van der Waals surface area contributed by atoms with Crippen molar-refractivity contribution in [2.24, 2.45) is 65.6 Å². The van der Waals surface area contributed by atoms with Gasteiger partial charge in [0.05, 0.1) is 71.0 Å². The molecule has 5 rings (SSSR count). The molecule has 0 bridgehead atoms. The van der Waals surface area contributed by atoms with Crippen LogP contribution in [0.3, 0.4) is 0 Å². The summed E-state index contributed by atoms with van der Waals surface area (Å²) in [6, 6.07) is -4.15. The van der Waals surface area contributed by atoms with E-state index < -0.39 is 75.5 Å². The van der Waals surface area contributed by atoms with Gasteiger partial charge < -0.3 is 36.9 Å². The fraction of sp³-hybridized carbons (Fsp3) is 0.968. The van der Waals surface area contributed by atoms with Crippen molar-refractivity contribution in [3.63, 3.8) is 0 Å². The van der Waals surface area contributed by atoms with E-state index in [2.05, 4.69) is 40.1 Å². The molecule has 5 aliphatic carbocycles. The van der Waals surface area contributed by atoms with E-state index in [4.69, 9.17) is 31.9 Å². The second-order valence-corrected chi connectivity index (χ2v) is 17.7. The van der Waals surface area contributed by atoms with Gasteiger partial charge in [-0.15, -0.1) is 4.33 Å². The maximum absolute atomic E-state index is 12.6. The summed E-state index contributed by atoms with van der Waals surface area (Å²) in [5, 5.41) is 59.1. The number of carboxylic acids is 1. The normalized spacial score (nSPS) is 44.4. The van der Waals surface area contributed by atoms with Crippen LogP contribution in [0.15, 0.2) is 30.7 Å². The number of nitrogens with two attached hydrogens (primary N) is 3. The first-order valence-electron chi connectivity index (χ1n) is 18.3. The van der Waals surface area contributed by atoms with Gasteiger partial charge in [0.1, 0.15) is 0 Å². The Morgan fingerprint density at radius 3 is 1.89 bits per heavy atom. The molecule has 0 saturated heterocycles. The van der Waals surface area contributed by atoms with Crippen molar-refractivity contribution in [3.05, 3.63) is 0 Å². The molecule has 5 aliphatic rings. The number of aliphatic hydroxyl groups excluding tert-OH is 1. The molecule has 0 aromatic carbocycles. The van der Waals surface area contributed by atoms with Gasteiger partial charge in [0.2, 0.25) is 0 Å². The van der Waals surface area contributed by atoms with Crippen LogP contribution in [0.2, 0.25) is 0 Å². The first kappa shape index (κ1) is 42.3. The number of azo groups is 3. The van der Waals surface area contributed by atoms with E-state index in [9.17, 15) is 28.0 Å². The molecule has 15 atom stereocenters. The highest BCUT2D eigenvalue weighted by molar-refractivity contribution is 7.95. The molecule has 0 aromatic rings. The van der Waals surface area contributed by atoms with Crippen molar-refractivity contribution >= 4 is 28.1 Å². The lowest BCUT2D eigenvalue weighted by Crippen LogP contribution is -2.61. The quantitative estimate of drug-likeness (QED) is 0.0460. The summed E-state index contributed by atoms with van der Waals surface area (Å²) in [5.41, 5.74) is 19.2. The van der Waals surface area contributed by atoms with E-state index >= 15 is 0 Å². The Labute approximate surface area is 313 Å². The van der Waals surface area contributed by atoms with Crippen molar-refractivity contribution < 1.29 is 52.1 Å². The average Bonchev–Trinajstić information content (AvgIpc) is 3.12. The van der Waals surface area contributed by atoms with E-state index in [1.54, 1.807) is 14.2 Å². The summed E-state index contributed by atoms with van der Waals surface area (Å²) in [7, 11) is -1.35. The van der Waals surface area contributed by atoms with E-state index in [1.165, 1.54) is 0 Å². The topological polar surface area (TPSA) is 321 Å². The Hall–Kier alpha value is -1.83. The Morgan fingerprint density at radius 1 is 0.736 bits per heavy atom. The lowest BCUT2D eigenvalue weighted by molar-refractivity contribution is -0.432. The Bertz CT molecular complexity index is 1410. The fourth-order valence-corrected chi connectivity index (χ4v) is 10.8. The molecule has 5 fully saturated rings. The molecule has 0 radical (unpaired) electrons. The minimum Gasteiger partial charge on any atom is -0.481 e. The lowest BCUT2D eigenvalue weighted by Gasteiger charge is -2.49. The second kappa shape index (κ2) is 18.9. The zero-order chi connectivity index (χ0) is 38.4. The number of ether oxygens (including phenoxy) is 2. The highest BCUT2D eigenvalue weighted by Crippen LogP contribution is 2.45. The Kier molecular flexibility index (Phi) is 15.1. The van der Waals surface area contributed by atoms with Crippen molar-refractivity contribution in [2.75, 3.05) is 14.2 Å². The molecule has 20 nitrogen and oxygen atoms in total. The number of nitrogens with zero attached hydrogens (tertiary/aromatic N) is 6. The highest BCUT2D eigenvalue weighted by Gasteiger charge is 2.54. The minimum atomic E-state index is -4.50. The zero-order valence-corrected chi connectivity index (χ0v) is 31.6. The van der Waals surface area contributed by atoms with E-state index in [-0.39, 0.29) is 48.0 Å². The van der Waals surface area contributed by atoms with E-state index in [0.29, 0.717) is 64.2 Å². The standard InChI is InChI=1S/C31H55N9O11S2/c1-48-24-11-22(39-37-20-12-26(52-51-50-44)18(33)9-17(20)32)25(49-2)10-21(24)38-36-19-8-7-16-27(53(45,46)47)13-23(29(34)28(16)30(19)41)40-35-15-5-3-14(4-6-15)31(42)43/h14-30,41,44H,3-13,32-34H2,1-2H3,(H,42,43)(H,45,46,47). The van der Waals surface area contributed by atoms with Crippen LogP contribution in [-0.2, 0) is 33.8 Å². The Balaban J connectivity index is 1.24. The van der Waals surface area contributed by atoms with Crippen molar-refractivity contribution in [3.8, 4) is 0 Å². The summed E-state index contributed by atoms with van der Waals surface area (Å²) in [5.74, 6) is -2.60. The number of aliphatic hydroxyl groups is 1. The number of carbonyl (C=O) groups is 1. The number of methoxy groups -OCH3 is 2. The Morgan fingerprint density at radius 2 is 1.32 bits per heavy atom. The molecule has 22 heteroatoms. The highest BCUT2D eigenvalue weighted by atomic mass is 32.2. The van der Waals surface area contributed by atoms with Gasteiger partial charge in [-0.25, -0.2) is 5.26 Å².